The summed E-state index contributed by atoms with van der Waals surface area (Å²) in [4.78, 5) is 4.48. The fraction of sp³-hybridized carbons (Fsp3) is 0.556. The Morgan fingerprint density at radius 2 is 2.04 bits per heavy atom. The third-order valence-electron chi connectivity index (χ3n) is 3.93. The molecule has 0 fully saturated rings. The molecule has 2 heterocycles. The number of aliphatic imine (C=N–C) groups is 1. The normalized spacial score (nSPS) is 14.4. The number of nitrogens with one attached hydrogen (secondary N) is 2. The molecule has 0 aliphatic carbocycles. The lowest BCUT2D eigenvalue weighted by Gasteiger charge is -2.24. The first kappa shape index (κ1) is 19.1. The highest BCUT2D eigenvalue weighted by atomic mass is 16.5. The van der Waals surface area contributed by atoms with Gasteiger partial charge in [0.15, 0.2) is 11.7 Å². The van der Waals surface area contributed by atoms with Crippen LogP contribution in [0.4, 0.5) is 0 Å². The van der Waals surface area contributed by atoms with Gasteiger partial charge in [0.1, 0.15) is 23.7 Å². The van der Waals surface area contributed by atoms with Gasteiger partial charge in [-0.05, 0) is 40.2 Å². The predicted molar refractivity (Wildman–Crippen MR) is 96.5 cm³/mol. The van der Waals surface area contributed by atoms with Crippen molar-refractivity contribution in [3.05, 3.63) is 40.7 Å². The van der Waals surface area contributed by atoms with Gasteiger partial charge in [-0.1, -0.05) is 12.1 Å². The van der Waals surface area contributed by atoms with Gasteiger partial charge in [0.05, 0.1) is 12.2 Å². The molecule has 0 saturated heterocycles. The summed E-state index contributed by atoms with van der Waals surface area (Å²) >= 11 is 0. The van der Waals surface area contributed by atoms with Gasteiger partial charge in [0.25, 0.3) is 0 Å². The molecular weight excluding hydrogens is 320 g/mol. The Bertz CT molecular complexity index is 716. The summed E-state index contributed by atoms with van der Waals surface area (Å²) in [7, 11) is 0. The topological polar surface area (TPSA) is 95.8 Å². The number of rotatable bonds is 7. The van der Waals surface area contributed by atoms with Gasteiger partial charge in [-0.2, -0.15) is 0 Å². The zero-order chi connectivity index (χ0) is 18.4. The van der Waals surface area contributed by atoms with Crippen LogP contribution in [0, 0.1) is 13.8 Å². The Balaban J connectivity index is 2.02. The summed E-state index contributed by atoms with van der Waals surface area (Å²) in [5.74, 6) is 2.82. The molecule has 0 aromatic carbocycles. The van der Waals surface area contributed by atoms with Crippen LogP contribution in [0.1, 0.15) is 49.3 Å². The Morgan fingerprint density at radius 1 is 1.28 bits per heavy atom. The second-order valence-corrected chi connectivity index (χ2v) is 6.29. The summed E-state index contributed by atoms with van der Waals surface area (Å²) in [6.45, 7) is 10.9. The van der Waals surface area contributed by atoms with Gasteiger partial charge in [-0.15, -0.1) is 0 Å². The van der Waals surface area contributed by atoms with Gasteiger partial charge in [0.2, 0.25) is 0 Å². The highest BCUT2D eigenvalue weighted by Crippen LogP contribution is 2.26. The van der Waals surface area contributed by atoms with Gasteiger partial charge in [-0.25, -0.2) is 4.99 Å². The molecule has 0 saturated carbocycles. The van der Waals surface area contributed by atoms with Crippen LogP contribution < -0.4 is 10.6 Å². The number of nitrogens with zero attached hydrogens (tertiary/aromatic N) is 2. The molecule has 2 rings (SSSR count). The van der Waals surface area contributed by atoms with Gasteiger partial charge in [-0.3, -0.25) is 0 Å². The van der Waals surface area contributed by atoms with E-state index < -0.39 is 5.60 Å². The lowest BCUT2D eigenvalue weighted by molar-refractivity contribution is 0.0601. The van der Waals surface area contributed by atoms with Gasteiger partial charge < -0.3 is 24.7 Å². The number of hydrogen-bond donors (Lipinski definition) is 3. The van der Waals surface area contributed by atoms with Crippen LogP contribution in [0.2, 0.25) is 0 Å². The number of guanidine groups is 1. The Kier molecular flexibility index (Phi) is 6.25. The summed E-state index contributed by atoms with van der Waals surface area (Å²) in [5.41, 5.74) is 0.618. The average molecular weight is 348 g/mol. The maximum Gasteiger partial charge on any atom is 0.191 e. The van der Waals surface area contributed by atoms with Crippen LogP contribution in [0.15, 0.2) is 26.1 Å². The second-order valence-electron chi connectivity index (χ2n) is 6.29. The highest BCUT2D eigenvalue weighted by molar-refractivity contribution is 5.79. The van der Waals surface area contributed by atoms with Gasteiger partial charge >= 0.3 is 0 Å². The van der Waals surface area contributed by atoms with Crippen molar-refractivity contribution in [1.29, 1.82) is 0 Å². The SMILES string of the molecule is CCNC(=NCc1cc(CC)no1)NCC(C)(O)c1cc(C)oc1C. The molecule has 0 aliphatic heterocycles. The molecule has 3 N–H and O–H groups in total. The second kappa shape index (κ2) is 8.20. The van der Waals surface area contributed by atoms with Crippen LogP contribution >= 0.6 is 0 Å². The molecule has 7 heteroatoms. The van der Waals surface area contributed by atoms with E-state index in [9.17, 15) is 5.11 Å². The van der Waals surface area contributed by atoms with E-state index in [0.29, 0.717) is 31.4 Å². The maximum absolute atomic E-state index is 10.8. The molecule has 1 unspecified atom stereocenters. The minimum Gasteiger partial charge on any atom is -0.466 e. The highest BCUT2D eigenvalue weighted by Gasteiger charge is 2.27. The van der Waals surface area contributed by atoms with Crippen molar-refractivity contribution >= 4 is 5.96 Å². The minimum atomic E-state index is -1.07. The molecule has 1 atom stereocenters. The van der Waals surface area contributed by atoms with E-state index in [2.05, 4.69) is 20.8 Å². The first-order valence-electron chi connectivity index (χ1n) is 8.62. The van der Waals surface area contributed by atoms with E-state index in [1.165, 1.54) is 0 Å². The van der Waals surface area contributed by atoms with Crippen LogP contribution in [-0.4, -0.2) is 29.3 Å². The van der Waals surface area contributed by atoms with Crippen molar-refractivity contribution in [2.24, 2.45) is 4.99 Å². The minimum absolute atomic E-state index is 0.301. The van der Waals surface area contributed by atoms with E-state index in [0.717, 1.165) is 29.2 Å². The number of aryl methyl sites for hydroxylation is 3. The summed E-state index contributed by atoms with van der Waals surface area (Å²) in [5, 5.41) is 21.1. The van der Waals surface area contributed by atoms with Crippen LogP contribution in [0.3, 0.4) is 0 Å². The van der Waals surface area contributed by atoms with Crippen LogP contribution in [0.25, 0.3) is 0 Å². The molecule has 0 spiro atoms. The molecule has 138 valence electrons. The van der Waals surface area contributed by atoms with Crippen molar-refractivity contribution in [3.63, 3.8) is 0 Å². The first-order valence-corrected chi connectivity index (χ1v) is 8.62. The third-order valence-corrected chi connectivity index (χ3v) is 3.93. The monoisotopic (exact) mass is 348 g/mol. The Hall–Kier alpha value is -2.28. The van der Waals surface area contributed by atoms with Crippen molar-refractivity contribution in [1.82, 2.24) is 15.8 Å². The van der Waals surface area contributed by atoms with Gasteiger partial charge in [0, 0.05) is 18.2 Å². The standard InChI is InChI=1S/C18H28N4O3/c1-6-14-9-15(25-22-14)10-20-17(19-7-2)21-11-18(5,23)16-8-12(3)24-13(16)4/h8-9,23H,6-7,10-11H2,1-5H3,(H2,19,20,21). The fourth-order valence-corrected chi connectivity index (χ4v) is 2.61. The third kappa shape index (κ3) is 5.09. The van der Waals surface area contributed by atoms with E-state index in [1.54, 1.807) is 6.92 Å². The Labute approximate surface area is 148 Å². The number of furan rings is 1. The number of aromatic nitrogens is 1. The van der Waals surface area contributed by atoms with E-state index in [-0.39, 0.29) is 0 Å². The van der Waals surface area contributed by atoms with Crippen molar-refractivity contribution in [3.8, 4) is 0 Å². The van der Waals surface area contributed by atoms with Crippen LogP contribution in [-0.2, 0) is 18.6 Å². The quantitative estimate of drug-likeness (QED) is 0.525. The maximum atomic E-state index is 10.8. The van der Waals surface area contributed by atoms with Crippen molar-refractivity contribution < 1.29 is 14.0 Å². The fourth-order valence-electron chi connectivity index (χ4n) is 2.61. The largest absolute Gasteiger partial charge is 0.466 e. The summed E-state index contributed by atoms with van der Waals surface area (Å²) in [6, 6.07) is 3.77. The molecule has 0 amide bonds. The zero-order valence-corrected chi connectivity index (χ0v) is 15.6. The molecular formula is C18H28N4O3. The molecule has 7 nitrogen and oxygen atoms in total. The smallest absolute Gasteiger partial charge is 0.191 e. The summed E-state index contributed by atoms with van der Waals surface area (Å²) in [6.07, 6.45) is 0.831. The average Bonchev–Trinajstić information content (AvgIpc) is 3.16. The molecule has 0 bridgehead atoms. The molecule has 0 aliphatic rings. The molecule has 2 aromatic heterocycles. The number of hydrogen-bond acceptors (Lipinski definition) is 5. The lowest BCUT2D eigenvalue weighted by atomic mass is 9.96. The molecule has 2 aromatic rings. The predicted octanol–water partition coefficient (Wildman–Crippen LogP) is 2.41. The first-order chi connectivity index (χ1) is 11.9. The van der Waals surface area contributed by atoms with Crippen LogP contribution in [0.5, 0.6) is 0 Å². The van der Waals surface area contributed by atoms with E-state index >= 15 is 0 Å². The lowest BCUT2D eigenvalue weighted by Crippen LogP contribution is -2.44. The molecule has 0 radical (unpaired) electrons. The zero-order valence-electron chi connectivity index (χ0n) is 15.6. The number of aliphatic hydroxyl groups is 1. The van der Waals surface area contributed by atoms with Crippen molar-refractivity contribution in [2.75, 3.05) is 13.1 Å². The summed E-state index contributed by atoms with van der Waals surface area (Å²) < 4.78 is 10.8. The van der Waals surface area contributed by atoms with E-state index in [4.69, 9.17) is 8.94 Å². The Morgan fingerprint density at radius 3 is 2.60 bits per heavy atom. The molecule has 25 heavy (non-hydrogen) atoms. The van der Waals surface area contributed by atoms with Crippen molar-refractivity contribution in [2.45, 2.75) is 53.2 Å². The van der Waals surface area contributed by atoms with E-state index in [1.807, 2.05) is 39.8 Å².